The molecule has 0 saturated heterocycles. The molecule has 6 heteroatoms. The molecule has 0 saturated carbocycles. The van der Waals surface area contributed by atoms with Crippen LogP contribution in [0.15, 0.2) is 30.3 Å². The Hall–Kier alpha value is -1.58. The third-order valence-corrected chi connectivity index (χ3v) is 2.64. The minimum atomic E-state index is -4.72. The first-order valence-electron chi connectivity index (χ1n) is 5.25. The average Bonchev–Trinajstić information content (AvgIpc) is 2.35. The highest BCUT2D eigenvalue weighted by molar-refractivity contribution is 5.21. The van der Waals surface area contributed by atoms with Gasteiger partial charge in [-0.3, -0.25) is 5.32 Å². The van der Waals surface area contributed by atoms with Gasteiger partial charge in [0, 0.05) is 0 Å². The predicted molar refractivity (Wildman–Crippen MR) is 59.5 cm³/mol. The van der Waals surface area contributed by atoms with E-state index in [2.05, 4.69) is 5.32 Å². The Bertz CT molecular complexity index is 427. The minimum Gasteiger partial charge on any atom is -0.394 e. The summed E-state index contributed by atoms with van der Waals surface area (Å²) in [6.45, 7) is 0.218. The lowest BCUT2D eigenvalue weighted by molar-refractivity contribution is -0.177. The van der Waals surface area contributed by atoms with Crippen LogP contribution in [0.5, 0.6) is 0 Å². The van der Waals surface area contributed by atoms with Crippen LogP contribution in [-0.4, -0.2) is 23.4 Å². The second kappa shape index (κ2) is 5.38. The van der Waals surface area contributed by atoms with Gasteiger partial charge in [-0.15, -0.1) is 0 Å². The first kappa shape index (κ1) is 14.5. The molecule has 1 rings (SSSR count). The number of aliphatic hydroxyl groups excluding tert-OH is 1. The molecule has 0 unspecified atom stereocenters. The first-order chi connectivity index (χ1) is 8.34. The van der Waals surface area contributed by atoms with Crippen molar-refractivity contribution in [3.63, 3.8) is 0 Å². The number of hydrogen-bond acceptors (Lipinski definition) is 3. The van der Waals surface area contributed by atoms with Gasteiger partial charge in [0.25, 0.3) is 0 Å². The Labute approximate surface area is 103 Å². The van der Waals surface area contributed by atoms with Crippen LogP contribution in [0.4, 0.5) is 13.2 Å². The van der Waals surface area contributed by atoms with Gasteiger partial charge >= 0.3 is 6.18 Å². The fourth-order valence-electron chi connectivity index (χ4n) is 1.45. The molecule has 0 aromatic heterocycles. The summed E-state index contributed by atoms with van der Waals surface area (Å²) in [6, 6.07) is 8.44. The van der Waals surface area contributed by atoms with Gasteiger partial charge in [-0.05, 0) is 12.5 Å². The smallest absolute Gasteiger partial charge is 0.394 e. The molecule has 0 aliphatic heterocycles. The number of aliphatic hydroxyl groups is 1. The zero-order chi connectivity index (χ0) is 13.8. The van der Waals surface area contributed by atoms with E-state index >= 15 is 0 Å². The summed E-state index contributed by atoms with van der Waals surface area (Å²) in [5, 5.41) is 20.0. The lowest BCUT2D eigenvalue weighted by atomic mass is 9.99. The second-order valence-corrected chi connectivity index (χ2v) is 4.02. The summed E-state index contributed by atoms with van der Waals surface area (Å²) >= 11 is 0. The van der Waals surface area contributed by atoms with E-state index in [1.54, 1.807) is 30.3 Å². The molecule has 2 N–H and O–H groups in total. The molecule has 1 aromatic rings. The number of alkyl halides is 3. The fourth-order valence-corrected chi connectivity index (χ4v) is 1.45. The van der Waals surface area contributed by atoms with Crippen molar-refractivity contribution in [2.45, 2.75) is 24.7 Å². The van der Waals surface area contributed by atoms with E-state index in [1.165, 1.54) is 6.07 Å². The highest BCUT2D eigenvalue weighted by Crippen LogP contribution is 2.31. The van der Waals surface area contributed by atoms with Crippen molar-refractivity contribution in [2.24, 2.45) is 0 Å². The Morgan fingerprint density at radius 3 is 2.28 bits per heavy atom. The van der Waals surface area contributed by atoms with E-state index in [4.69, 9.17) is 10.4 Å². The van der Waals surface area contributed by atoms with Crippen molar-refractivity contribution in [1.82, 2.24) is 5.32 Å². The van der Waals surface area contributed by atoms with Gasteiger partial charge in [0.2, 0.25) is 5.54 Å². The van der Waals surface area contributed by atoms with E-state index in [0.29, 0.717) is 5.56 Å². The van der Waals surface area contributed by atoms with Crippen LogP contribution >= 0.6 is 0 Å². The molecule has 0 radical (unpaired) electrons. The summed E-state index contributed by atoms with van der Waals surface area (Å²) in [5.41, 5.74) is -2.21. The SMILES string of the molecule is C[C@@](C#N)(N[C@@H](CO)c1ccccc1)C(F)(F)F. The number of rotatable bonds is 4. The van der Waals surface area contributed by atoms with Gasteiger partial charge in [-0.2, -0.15) is 18.4 Å². The van der Waals surface area contributed by atoms with Crippen molar-refractivity contribution >= 4 is 0 Å². The molecule has 18 heavy (non-hydrogen) atoms. The van der Waals surface area contributed by atoms with Gasteiger partial charge in [0.1, 0.15) is 0 Å². The minimum absolute atomic E-state index is 0.491. The van der Waals surface area contributed by atoms with E-state index in [1.807, 2.05) is 0 Å². The Balaban J connectivity index is 2.97. The average molecular weight is 258 g/mol. The first-order valence-corrected chi connectivity index (χ1v) is 5.25. The summed E-state index contributed by atoms with van der Waals surface area (Å²) in [7, 11) is 0. The van der Waals surface area contributed by atoms with Gasteiger partial charge < -0.3 is 5.11 Å². The van der Waals surface area contributed by atoms with Crippen LogP contribution in [0.3, 0.4) is 0 Å². The molecule has 3 nitrogen and oxygen atoms in total. The number of nitrogens with one attached hydrogen (secondary N) is 1. The van der Waals surface area contributed by atoms with Crippen LogP contribution in [0.1, 0.15) is 18.5 Å². The molecule has 2 atom stereocenters. The van der Waals surface area contributed by atoms with Crippen LogP contribution in [-0.2, 0) is 0 Å². The lowest BCUT2D eigenvalue weighted by Gasteiger charge is -2.30. The summed E-state index contributed by atoms with van der Waals surface area (Å²) in [6.07, 6.45) is -4.72. The molecule has 0 amide bonds. The molecule has 0 aliphatic carbocycles. The van der Waals surface area contributed by atoms with E-state index < -0.39 is 24.4 Å². The normalized spacial score (nSPS) is 16.7. The third-order valence-electron chi connectivity index (χ3n) is 2.64. The number of nitriles is 1. The van der Waals surface area contributed by atoms with Crippen molar-refractivity contribution in [2.75, 3.05) is 6.61 Å². The quantitative estimate of drug-likeness (QED) is 0.870. The Kier molecular flexibility index (Phi) is 4.33. The van der Waals surface area contributed by atoms with Crippen molar-refractivity contribution in [3.8, 4) is 6.07 Å². The Morgan fingerprint density at radius 1 is 1.33 bits per heavy atom. The second-order valence-electron chi connectivity index (χ2n) is 4.02. The Morgan fingerprint density at radius 2 is 1.89 bits per heavy atom. The number of halogens is 3. The molecule has 0 bridgehead atoms. The molecule has 0 fully saturated rings. The topological polar surface area (TPSA) is 56.0 Å². The van der Waals surface area contributed by atoms with Crippen molar-refractivity contribution in [3.05, 3.63) is 35.9 Å². The lowest BCUT2D eigenvalue weighted by Crippen LogP contribution is -2.55. The van der Waals surface area contributed by atoms with Crippen molar-refractivity contribution in [1.29, 1.82) is 5.26 Å². The summed E-state index contributed by atoms with van der Waals surface area (Å²) in [5.74, 6) is 0. The fraction of sp³-hybridized carbons (Fsp3) is 0.417. The molecule has 1 aromatic carbocycles. The molecule has 0 spiro atoms. The van der Waals surface area contributed by atoms with Crippen LogP contribution in [0, 0.1) is 11.3 Å². The van der Waals surface area contributed by atoms with Crippen LogP contribution < -0.4 is 5.32 Å². The van der Waals surface area contributed by atoms with E-state index in [0.717, 1.165) is 6.92 Å². The zero-order valence-electron chi connectivity index (χ0n) is 9.70. The number of nitrogens with zero attached hydrogens (tertiary/aromatic N) is 1. The van der Waals surface area contributed by atoms with Gasteiger partial charge in [0.05, 0.1) is 18.7 Å². The highest BCUT2D eigenvalue weighted by Gasteiger charge is 2.52. The van der Waals surface area contributed by atoms with Crippen LogP contribution in [0.2, 0.25) is 0 Å². The molecule has 0 aliphatic rings. The maximum atomic E-state index is 12.8. The van der Waals surface area contributed by atoms with Crippen LogP contribution in [0.25, 0.3) is 0 Å². The maximum Gasteiger partial charge on any atom is 0.419 e. The molecule has 0 heterocycles. The summed E-state index contributed by atoms with van der Waals surface area (Å²) in [4.78, 5) is 0. The maximum absolute atomic E-state index is 12.8. The molecular weight excluding hydrogens is 245 g/mol. The van der Waals surface area contributed by atoms with E-state index in [9.17, 15) is 13.2 Å². The van der Waals surface area contributed by atoms with Gasteiger partial charge in [0.15, 0.2) is 0 Å². The largest absolute Gasteiger partial charge is 0.419 e. The summed E-state index contributed by atoms with van der Waals surface area (Å²) < 4.78 is 38.3. The van der Waals surface area contributed by atoms with Crippen molar-refractivity contribution < 1.29 is 18.3 Å². The van der Waals surface area contributed by atoms with Gasteiger partial charge in [-0.1, -0.05) is 30.3 Å². The highest BCUT2D eigenvalue weighted by atomic mass is 19.4. The van der Waals surface area contributed by atoms with E-state index in [-0.39, 0.29) is 0 Å². The zero-order valence-corrected chi connectivity index (χ0v) is 9.70. The monoisotopic (exact) mass is 258 g/mol. The number of hydrogen-bond donors (Lipinski definition) is 2. The standard InChI is InChI=1S/C12H13F3N2O/c1-11(8-16,12(13,14)15)17-10(7-18)9-5-3-2-4-6-9/h2-6,10,17-18H,7H2,1H3/t10-,11-/m0/s1. The predicted octanol–water partition coefficient (Wildman–Crippen LogP) is 2.15. The van der Waals surface area contributed by atoms with Gasteiger partial charge in [-0.25, -0.2) is 0 Å². The molecular formula is C12H13F3N2O. The number of benzene rings is 1. The molecule has 98 valence electrons. The third kappa shape index (κ3) is 3.00.